The molecule has 0 radical (unpaired) electrons. The minimum Gasteiger partial charge on any atom is -0.357 e. The lowest BCUT2D eigenvalue weighted by Gasteiger charge is -2.39. The van der Waals surface area contributed by atoms with Crippen molar-refractivity contribution in [3.63, 3.8) is 0 Å². The fourth-order valence-electron chi connectivity index (χ4n) is 4.42. The minimum absolute atomic E-state index is 0.0308. The van der Waals surface area contributed by atoms with E-state index in [4.69, 9.17) is 0 Å². The molecule has 1 N–H and O–H groups in total. The zero-order chi connectivity index (χ0) is 21.3. The van der Waals surface area contributed by atoms with Gasteiger partial charge in [0, 0.05) is 37.4 Å². The maximum Gasteiger partial charge on any atom is 0.263 e. The van der Waals surface area contributed by atoms with Gasteiger partial charge in [-0.3, -0.25) is 9.62 Å². The molecule has 1 aromatic heterocycles. The van der Waals surface area contributed by atoms with Gasteiger partial charge in [0.1, 0.15) is 10.7 Å². The first kappa shape index (κ1) is 21.0. The Balaban J connectivity index is 1.39. The second-order valence-electron chi connectivity index (χ2n) is 8.03. The molecular weight excluding hydrogens is 410 g/mol. The van der Waals surface area contributed by atoms with Crippen LogP contribution in [0.1, 0.15) is 32.6 Å². The van der Waals surface area contributed by atoms with Crippen molar-refractivity contribution in [2.75, 3.05) is 29.3 Å². The number of nitrogens with zero attached hydrogens (tertiary/aromatic N) is 3. The van der Waals surface area contributed by atoms with Crippen molar-refractivity contribution in [3.05, 3.63) is 48.2 Å². The van der Waals surface area contributed by atoms with Crippen LogP contribution in [0.3, 0.4) is 0 Å². The van der Waals surface area contributed by atoms with E-state index in [1.54, 1.807) is 6.07 Å². The fourth-order valence-corrected chi connectivity index (χ4v) is 5.41. The van der Waals surface area contributed by atoms with Gasteiger partial charge >= 0.3 is 0 Å². The smallest absolute Gasteiger partial charge is 0.263 e. The lowest BCUT2D eigenvalue weighted by atomic mass is 10.0. The van der Waals surface area contributed by atoms with Crippen LogP contribution in [-0.2, 0) is 10.0 Å². The van der Waals surface area contributed by atoms with Crippen LogP contribution < -0.4 is 9.62 Å². The molecule has 2 saturated heterocycles. The Bertz CT molecular complexity index is 993. The van der Waals surface area contributed by atoms with Gasteiger partial charge in [0.25, 0.3) is 10.0 Å². The number of anilines is 2. The summed E-state index contributed by atoms with van der Waals surface area (Å²) in [6.45, 7) is 5.26. The van der Waals surface area contributed by atoms with E-state index < -0.39 is 21.7 Å². The third kappa shape index (κ3) is 4.41. The van der Waals surface area contributed by atoms with Gasteiger partial charge in [0.15, 0.2) is 11.6 Å². The van der Waals surface area contributed by atoms with Crippen LogP contribution in [0.2, 0.25) is 0 Å². The average Bonchev–Trinajstić information content (AvgIpc) is 3.17. The Morgan fingerprint density at radius 3 is 2.40 bits per heavy atom. The van der Waals surface area contributed by atoms with Crippen LogP contribution in [-0.4, -0.2) is 50.0 Å². The molecule has 30 heavy (non-hydrogen) atoms. The minimum atomic E-state index is -3.94. The summed E-state index contributed by atoms with van der Waals surface area (Å²) in [6, 6.07) is 7.30. The Morgan fingerprint density at radius 1 is 1.03 bits per heavy atom. The van der Waals surface area contributed by atoms with Crippen molar-refractivity contribution < 1.29 is 17.2 Å². The molecule has 0 spiro atoms. The molecule has 4 rings (SSSR count). The van der Waals surface area contributed by atoms with Crippen LogP contribution >= 0.6 is 0 Å². The highest BCUT2D eigenvalue weighted by molar-refractivity contribution is 7.92. The van der Waals surface area contributed by atoms with Crippen LogP contribution in [0.15, 0.2) is 41.4 Å². The summed E-state index contributed by atoms with van der Waals surface area (Å²) < 4.78 is 53.7. The van der Waals surface area contributed by atoms with Crippen LogP contribution in [0.5, 0.6) is 0 Å². The van der Waals surface area contributed by atoms with Crippen molar-refractivity contribution in [1.29, 1.82) is 0 Å². The number of piperidine rings is 1. The van der Waals surface area contributed by atoms with E-state index in [1.807, 2.05) is 0 Å². The molecule has 0 bridgehead atoms. The van der Waals surface area contributed by atoms with Gasteiger partial charge in [0.2, 0.25) is 0 Å². The molecule has 0 amide bonds. The first-order chi connectivity index (χ1) is 14.3. The number of rotatable bonds is 5. The second kappa shape index (κ2) is 8.47. The van der Waals surface area contributed by atoms with Crippen LogP contribution in [0.25, 0.3) is 0 Å². The molecule has 1 aromatic carbocycles. The fraction of sp³-hybridized carbons (Fsp3) is 0.476. The number of pyridine rings is 1. The number of nitrogens with one attached hydrogen (secondary N) is 1. The lowest BCUT2D eigenvalue weighted by molar-refractivity contribution is 0.163. The highest BCUT2D eigenvalue weighted by Crippen LogP contribution is 2.27. The first-order valence-corrected chi connectivity index (χ1v) is 11.8. The van der Waals surface area contributed by atoms with E-state index in [-0.39, 0.29) is 10.6 Å². The van der Waals surface area contributed by atoms with Gasteiger partial charge in [-0.05, 0) is 63.4 Å². The molecule has 162 valence electrons. The zero-order valence-electron chi connectivity index (χ0n) is 16.9. The van der Waals surface area contributed by atoms with Gasteiger partial charge in [-0.15, -0.1) is 0 Å². The molecule has 0 aliphatic carbocycles. The molecule has 2 fully saturated rings. The molecule has 2 aliphatic rings. The molecule has 3 heterocycles. The molecule has 6 nitrogen and oxygen atoms in total. The summed E-state index contributed by atoms with van der Waals surface area (Å²) in [5.41, 5.74) is -0.0452. The molecule has 2 aromatic rings. The SMILES string of the molecule is CC1CCCN1C1CCN(c2ccc(S(=O)(=O)Nc3ccc(F)c(F)c3)cn2)CC1. The number of hydrogen-bond acceptors (Lipinski definition) is 5. The summed E-state index contributed by atoms with van der Waals surface area (Å²) >= 11 is 0. The van der Waals surface area contributed by atoms with E-state index in [1.165, 1.54) is 37.7 Å². The lowest BCUT2D eigenvalue weighted by Crippen LogP contribution is -2.46. The summed E-state index contributed by atoms with van der Waals surface area (Å²) in [6.07, 6.45) is 5.99. The highest BCUT2D eigenvalue weighted by atomic mass is 32.2. The molecule has 9 heteroatoms. The van der Waals surface area contributed by atoms with Crippen molar-refractivity contribution in [2.45, 2.75) is 49.6 Å². The Kier molecular flexibility index (Phi) is 5.92. The van der Waals surface area contributed by atoms with Gasteiger partial charge in [-0.25, -0.2) is 22.2 Å². The number of aromatic nitrogens is 1. The molecule has 0 saturated carbocycles. The molecular formula is C21H26F2N4O2S. The van der Waals surface area contributed by atoms with E-state index in [0.717, 1.165) is 43.9 Å². The predicted octanol–water partition coefficient (Wildman–Crippen LogP) is 3.61. The predicted molar refractivity (Wildman–Crippen MR) is 112 cm³/mol. The summed E-state index contributed by atoms with van der Waals surface area (Å²) in [4.78, 5) is 9.10. The van der Waals surface area contributed by atoms with E-state index >= 15 is 0 Å². The largest absolute Gasteiger partial charge is 0.357 e. The number of halogens is 2. The maximum absolute atomic E-state index is 13.3. The monoisotopic (exact) mass is 436 g/mol. The summed E-state index contributed by atoms with van der Waals surface area (Å²) in [7, 11) is -3.94. The van der Waals surface area contributed by atoms with Gasteiger partial charge in [-0.1, -0.05) is 0 Å². The third-order valence-corrected chi connectivity index (χ3v) is 7.43. The normalized spacial score (nSPS) is 21.2. The standard InChI is InChI=1S/C21H26F2N4O2S/c1-15-3-2-10-27(15)17-8-11-26(12-9-17)21-7-5-18(14-24-21)30(28,29)25-16-4-6-19(22)20(23)13-16/h4-7,13-15,17,25H,2-3,8-12H2,1H3. The Labute approximate surface area is 176 Å². The Morgan fingerprint density at radius 2 is 1.80 bits per heavy atom. The Hall–Kier alpha value is -2.26. The van der Waals surface area contributed by atoms with E-state index in [0.29, 0.717) is 12.1 Å². The average molecular weight is 437 g/mol. The van der Waals surface area contributed by atoms with Crippen molar-refractivity contribution in [1.82, 2.24) is 9.88 Å². The highest BCUT2D eigenvalue weighted by Gasteiger charge is 2.30. The third-order valence-electron chi connectivity index (χ3n) is 6.06. The quantitative estimate of drug-likeness (QED) is 0.776. The summed E-state index contributed by atoms with van der Waals surface area (Å²) in [5.74, 6) is -1.41. The second-order valence-corrected chi connectivity index (χ2v) is 9.72. The van der Waals surface area contributed by atoms with Crippen molar-refractivity contribution in [2.24, 2.45) is 0 Å². The molecule has 2 aliphatic heterocycles. The van der Waals surface area contributed by atoms with E-state index in [9.17, 15) is 17.2 Å². The van der Waals surface area contributed by atoms with Gasteiger partial charge in [0.05, 0.1) is 5.69 Å². The van der Waals surface area contributed by atoms with Crippen molar-refractivity contribution in [3.8, 4) is 0 Å². The van der Waals surface area contributed by atoms with E-state index in [2.05, 4.69) is 26.4 Å². The number of likely N-dealkylation sites (tertiary alicyclic amines) is 1. The van der Waals surface area contributed by atoms with Crippen molar-refractivity contribution >= 4 is 21.5 Å². The molecule has 1 unspecified atom stereocenters. The number of benzene rings is 1. The van der Waals surface area contributed by atoms with Crippen LogP contribution in [0, 0.1) is 11.6 Å². The molecule has 1 atom stereocenters. The topological polar surface area (TPSA) is 65.5 Å². The number of sulfonamides is 1. The van der Waals surface area contributed by atoms with Gasteiger partial charge < -0.3 is 4.90 Å². The number of hydrogen-bond donors (Lipinski definition) is 1. The maximum atomic E-state index is 13.3. The summed E-state index contributed by atoms with van der Waals surface area (Å²) in [5, 5.41) is 0. The zero-order valence-corrected chi connectivity index (χ0v) is 17.7. The van der Waals surface area contributed by atoms with Gasteiger partial charge in [-0.2, -0.15) is 0 Å². The first-order valence-electron chi connectivity index (χ1n) is 10.3. The van der Waals surface area contributed by atoms with Crippen LogP contribution in [0.4, 0.5) is 20.3 Å².